The fraction of sp³-hybridized carbons (Fsp3) is 0.625. The molecule has 0 saturated carbocycles. The fourth-order valence-electron chi connectivity index (χ4n) is 2.94. The van der Waals surface area contributed by atoms with E-state index in [9.17, 15) is 0 Å². The first-order valence-electron chi connectivity index (χ1n) is 7.90. The van der Waals surface area contributed by atoms with Gasteiger partial charge in [0.15, 0.2) is 0 Å². The Morgan fingerprint density at radius 3 is 2.48 bits per heavy atom. The highest BCUT2D eigenvalue weighted by molar-refractivity contribution is 5.30. The number of nitrogens with one attached hydrogen (secondary N) is 1. The van der Waals surface area contributed by atoms with Crippen molar-refractivity contribution in [3.05, 3.63) is 34.9 Å². The van der Waals surface area contributed by atoms with Crippen LogP contribution in [0.1, 0.15) is 56.4 Å². The van der Waals surface area contributed by atoms with Crippen molar-refractivity contribution in [1.29, 1.82) is 0 Å². The summed E-state index contributed by atoms with van der Waals surface area (Å²) in [5.41, 5.74) is 4.96. The summed E-state index contributed by atoms with van der Waals surface area (Å²) in [6.45, 7) is 10.5. The molecule has 2 aromatic rings. The Balaban J connectivity index is 2.37. The lowest BCUT2D eigenvalue weighted by Crippen LogP contribution is -2.20. The van der Waals surface area contributed by atoms with Crippen molar-refractivity contribution in [2.45, 2.75) is 53.1 Å². The molecule has 1 atom stereocenters. The third-order valence-corrected chi connectivity index (χ3v) is 3.87. The van der Waals surface area contributed by atoms with Gasteiger partial charge in [-0.15, -0.1) is 0 Å². The minimum atomic E-state index is 0.345. The maximum atomic E-state index is 4.83. The predicted molar refractivity (Wildman–Crippen MR) is 85.4 cm³/mol. The number of aromatic nitrogens is 4. The smallest absolute Gasteiger partial charge is 0.0853 e. The summed E-state index contributed by atoms with van der Waals surface area (Å²) in [5.74, 6) is 0. The van der Waals surface area contributed by atoms with Gasteiger partial charge in [-0.1, -0.05) is 20.8 Å². The molecule has 1 N–H and O–H groups in total. The average Bonchev–Trinajstić information content (AvgIpc) is 3.02. The van der Waals surface area contributed by atoms with E-state index in [4.69, 9.17) is 5.10 Å². The summed E-state index contributed by atoms with van der Waals surface area (Å²) in [6, 6.07) is 2.40. The van der Waals surface area contributed by atoms with Gasteiger partial charge in [-0.2, -0.15) is 10.2 Å². The highest BCUT2D eigenvalue weighted by Crippen LogP contribution is 2.24. The van der Waals surface area contributed by atoms with Crippen LogP contribution in [0.3, 0.4) is 0 Å². The normalized spacial score (nSPS) is 12.8. The van der Waals surface area contributed by atoms with Crippen molar-refractivity contribution in [2.24, 2.45) is 7.05 Å². The summed E-state index contributed by atoms with van der Waals surface area (Å²) < 4.78 is 3.97. The van der Waals surface area contributed by atoms with E-state index in [0.717, 1.165) is 31.6 Å². The summed E-state index contributed by atoms with van der Waals surface area (Å²) in [5, 5.41) is 12.8. The van der Waals surface area contributed by atoms with Crippen LogP contribution in [-0.2, 0) is 26.4 Å². The average molecular weight is 289 g/mol. The molecule has 116 valence electrons. The van der Waals surface area contributed by atoms with E-state index >= 15 is 0 Å². The number of aryl methyl sites for hydroxylation is 2. The molecule has 0 aliphatic rings. The van der Waals surface area contributed by atoms with Crippen LogP contribution < -0.4 is 5.32 Å². The second-order valence-corrected chi connectivity index (χ2v) is 5.43. The maximum absolute atomic E-state index is 4.83. The minimum absolute atomic E-state index is 0.345. The van der Waals surface area contributed by atoms with Gasteiger partial charge >= 0.3 is 0 Å². The number of hydrogen-bond donors (Lipinski definition) is 1. The lowest BCUT2D eigenvalue weighted by molar-refractivity contribution is 0.581. The predicted octanol–water partition coefficient (Wildman–Crippen LogP) is 2.46. The van der Waals surface area contributed by atoms with E-state index < -0.39 is 0 Å². The number of rotatable bonds is 7. The molecule has 0 saturated heterocycles. The number of nitrogens with zero attached hydrogens (tertiary/aromatic N) is 4. The van der Waals surface area contributed by atoms with Gasteiger partial charge in [0.2, 0.25) is 0 Å². The minimum Gasteiger partial charge on any atom is -0.310 e. The fourth-order valence-corrected chi connectivity index (χ4v) is 2.94. The van der Waals surface area contributed by atoms with Crippen LogP contribution in [0.5, 0.6) is 0 Å². The Kier molecular flexibility index (Phi) is 5.17. The quantitative estimate of drug-likeness (QED) is 0.852. The third kappa shape index (κ3) is 3.35. The highest BCUT2D eigenvalue weighted by Gasteiger charge is 2.20. The molecule has 0 aliphatic heterocycles. The van der Waals surface area contributed by atoms with Crippen LogP contribution in [0.15, 0.2) is 12.3 Å². The van der Waals surface area contributed by atoms with E-state index in [2.05, 4.69) is 48.9 Å². The van der Waals surface area contributed by atoms with Crippen molar-refractivity contribution in [1.82, 2.24) is 24.9 Å². The van der Waals surface area contributed by atoms with E-state index in [1.165, 1.54) is 17.0 Å². The Hall–Kier alpha value is -1.62. The summed E-state index contributed by atoms with van der Waals surface area (Å²) in [6.07, 6.45) is 3.94. The highest BCUT2D eigenvalue weighted by atomic mass is 15.3. The van der Waals surface area contributed by atoms with Gasteiger partial charge in [-0.05, 0) is 32.4 Å². The molecule has 0 radical (unpaired) electrons. The van der Waals surface area contributed by atoms with Gasteiger partial charge in [-0.25, -0.2) is 0 Å². The first kappa shape index (κ1) is 15.8. The monoisotopic (exact) mass is 289 g/mol. The van der Waals surface area contributed by atoms with Crippen LogP contribution in [0.25, 0.3) is 0 Å². The van der Waals surface area contributed by atoms with Gasteiger partial charge < -0.3 is 5.32 Å². The second-order valence-electron chi connectivity index (χ2n) is 5.43. The molecule has 0 bridgehead atoms. The van der Waals surface area contributed by atoms with Gasteiger partial charge in [0, 0.05) is 30.5 Å². The van der Waals surface area contributed by atoms with Crippen LogP contribution in [0.2, 0.25) is 0 Å². The molecule has 0 aliphatic carbocycles. The molecule has 0 aromatic carbocycles. The zero-order valence-electron chi connectivity index (χ0n) is 13.8. The van der Waals surface area contributed by atoms with Crippen molar-refractivity contribution >= 4 is 0 Å². The van der Waals surface area contributed by atoms with Crippen molar-refractivity contribution < 1.29 is 0 Å². The largest absolute Gasteiger partial charge is 0.310 e. The Bertz CT molecular complexity index is 582. The Labute approximate surface area is 127 Å². The van der Waals surface area contributed by atoms with Crippen molar-refractivity contribution in [2.75, 3.05) is 6.54 Å². The van der Waals surface area contributed by atoms with Crippen LogP contribution in [0.4, 0.5) is 0 Å². The molecule has 0 amide bonds. The maximum Gasteiger partial charge on any atom is 0.0853 e. The molecule has 5 heteroatoms. The lowest BCUT2D eigenvalue weighted by Gasteiger charge is -2.15. The van der Waals surface area contributed by atoms with Crippen molar-refractivity contribution in [3.8, 4) is 0 Å². The molecule has 5 nitrogen and oxygen atoms in total. The van der Waals surface area contributed by atoms with E-state index in [0.29, 0.717) is 6.04 Å². The lowest BCUT2D eigenvalue weighted by atomic mass is 10.0. The zero-order valence-corrected chi connectivity index (χ0v) is 13.8. The van der Waals surface area contributed by atoms with Gasteiger partial charge in [-0.3, -0.25) is 9.36 Å². The molecule has 2 aromatic heterocycles. The second kappa shape index (κ2) is 6.89. The zero-order chi connectivity index (χ0) is 15.4. The molecule has 0 spiro atoms. The summed E-state index contributed by atoms with van der Waals surface area (Å²) >= 11 is 0. The van der Waals surface area contributed by atoms with Crippen molar-refractivity contribution in [3.63, 3.8) is 0 Å². The molecule has 21 heavy (non-hydrogen) atoms. The molecular weight excluding hydrogens is 262 g/mol. The van der Waals surface area contributed by atoms with Gasteiger partial charge in [0.1, 0.15) is 0 Å². The third-order valence-electron chi connectivity index (χ3n) is 3.87. The summed E-state index contributed by atoms with van der Waals surface area (Å²) in [7, 11) is 1.95. The van der Waals surface area contributed by atoms with Crippen LogP contribution in [0, 0.1) is 0 Å². The first-order chi connectivity index (χ1) is 10.1. The summed E-state index contributed by atoms with van der Waals surface area (Å²) in [4.78, 5) is 0. The molecule has 2 rings (SSSR count). The standard InChI is InChI=1S/C16H27N5/c1-6-14-16(12(4)17-8-3)15(7-2)21(19-14)11-13-9-10-20(5)18-13/h9-10,12,17H,6-8,11H2,1-5H3. The van der Waals surface area contributed by atoms with Gasteiger partial charge in [0.05, 0.1) is 17.9 Å². The Morgan fingerprint density at radius 2 is 1.95 bits per heavy atom. The molecular formula is C16H27N5. The Morgan fingerprint density at radius 1 is 1.19 bits per heavy atom. The number of hydrogen-bond acceptors (Lipinski definition) is 3. The molecule has 0 fully saturated rings. The SMILES string of the molecule is CCNC(C)c1c(CC)nn(Cc2ccn(C)n2)c1CC. The van der Waals surface area contributed by atoms with Gasteiger partial charge in [0.25, 0.3) is 0 Å². The van der Waals surface area contributed by atoms with Crippen LogP contribution in [-0.4, -0.2) is 26.1 Å². The van der Waals surface area contributed by atoms with E-state index in [1.54, 1.807) is 0 Å². The first-order valence-corrected chi connectivity index (χ1v) is 7.90. The topological polar surface area (TPSA) is 47.7 Å². The van der Waals surface area contributed by atoms with Crippen LogP contribution >= 0.6 is 0 Å². The van der Waals surface area contributed by atoms with E-state index in [-0.39, 0.29) is 0 Å². The van der Waals surface area contributed by atoms with E-state index in [1.807, 2.05) is 17.9 Å². The molecule has 2 heterocycles. The molecule has 1 unspecified atom stereocenters.